The van der Waals surface area contributed by atoms with E-state index in [0.717, 1.165) is 19.7 Å². The van der Waals surface area contributed by atoms with Crippen LogP contribution in [0.5, 0.6) is 0 Å². The van der Waals surface area contributed by atoms with Gasteiger partial charge in [-0.25, -0.2) is 0 Å². The maximum absolute atomic E-state index is 10.5. The molecule has 0 saturated heterocycles. The number of aryl methyl sites for hydroxylation is 3. The van der Waals surface area contributed by atoms with Gasteiger partial charge in [-0.15, -0.1) is 22.7 Å². The summed E-state index contributed by atoms with van der Waals surface area (Å²) in [5, 5.41) is 10.5. The number of hydrogen-bond donors (Lipinski definition) is 1. The number of thiophene rings is 2. The lowest BCUT2D eigenvalue weighted by Gasteiger charge is -2.05. The molecular weight excluding hydrogens is 296 g/mol. The molecule has 0 aliphatic heterocycles. The van der Waals surface area contributed by atoms with Crippen LogP contribution in [0.1, 0.15) is 51.1 Å². The van der Waals surface area contributed by atoms with Crippen LogP contribution in [0.3, 0.4) is 0 Å². The Morgan fingerprint density at radius 3 is 2.58 bits per heavy atom. The molecule has 1 unspecified atom stereocenters. The van der Waals surface area contributed by atoms with E-state index in [0.29, 0.717) is 0 Å². The van der Waals surface area contributed by atoms with Gasteiger partial charge in [0.05, 0.1) is 4.34 Å². The van der Waals surface area contributed by atoms with Crippen LogP contribution in [0.25, 0.3) is 0 Å². The molecule has 102 valence electrons. The second-order valence-corrected chi connectivity index (χ2v) is 8.02. The third kappa shape index (κ3) is 2.75. The fraction of sp³-hybridized carbons (Fsp3) is 0.467. The van der Waals surface area contributed by atoms with E-state index >= 15 is 0 Å². The van der Waals surface area contributed by atoms with Crippen LogP contribution in [0.2, 0.25) is 4.34 Å². The normalized spacial score (nSPS) is 17.0. The molecule has 4 heteroatoms. The van der Waals surface area contributed by atoms with Crippen LogP contribution in [-0.4, -0.2) is 5.11 Å². The van der Waals surface area contributed by atoms with E-state index in [1.807, 2.05) is 13.0 Å². The van der Waals surface area contributed by atoms with E-state index in [-0.39, 0.29) is 0 Å². The zero-order valence-corrected chi connectivity index (χ0v) is 13.3. The molecule has 0 radical (unpaired) electrons. The maximum atomic E-state index is 10.5. The third-order valence-corrected chi connectivity index (χ3v) is 6.58. The fourth-order valence-corrected chi connectivity index (χ4v) is 5.14. The smallest absolute Gasteiger partial charge is 0.122 e. The van der Waals surface area contributed by atoms with Gasteiger partial charge in [0.25, 0.3) is 0 Å². The molecule has 2 aromatic rings. The molecule has 0 bridgehead atoms. The lowest BCUT2D eigenvalue weighted by atomic mass is 10.1. The predicted octanol–water partition coefficient (Wildman–Crippen LogP) is 5.12. The van der Waals surface area contributed by atoms with Gasteiger partial charge in [0.2, 0.25) is 0 Å². The molecule has 1 N–H and O–H groups in total. The molecule has 3 rings (SSSR count). The van der Waals surface area contributed by atoms with Crippen molar-refractivity contribution in [1.29, 1.82) is 0 Å². The summed E-state index contributed by atoms with van der Waals surface area (Å²) in [6.07, 6.45) is 5.74. The van der Waals surface area contributed by atoms with E-state index in [1.165, 1.54) is 53.9 Å². The van der Waals surface area contributed by atoms with Gasteiger partial charge in [-0.3, -0.25) is 0 Å². The van der Waals surface area contributed by atoms with E-state index in [2.05, 4.69) is 6.07 Å². The van der Waals surface area contributed by atoms with Gasteiger partial charge in [0.15, 0.2) is 0 Å². The van der Waals surface area contributed by atoms with Crippen LogP contribution in [0.4, 0.5) is 0 Å². The second-order valence-electron chi connectivity index (χ2n) is 5.17. The van der Waals surface area contributed by atoms with Crippen molar-refractivity contribution in [3.63, 3.8) is 0 Å². The summed E-state index contributed by atoms with van der Waals surface area (Å²) in [5.41, 5.74) is 2.51. The average molecular weight is 313 g/mol. The second kappa shape index (κ2) is 5.57. The number of aliphatic hydroxyl groups excluding tert-OH is 1. The molecular formula is C15H17ClOS2. The van der Waals surface area contributed by atoms with Crippen molar-refractivity contribution in [2.24, 2.45) is 0 Å². The number of halogens is 1. The van der Waals surface area contributed by atoms with Gasteiger partial charge in [-0.05, 0) is 55.9 Å². The zero-order chi connectivity index (χ0) is 13.4. The highest BCUT2D eigenvalue weighted by Crippen LogP contribution is 2.38. The minimum atomic E-state index is -0.506. The fourth-order valence-electron chi connectivity index (χ4n) is 2.58. The van der Waals surface area contributed by atoms with Crippen molar-refractivity contribution in [3.8, 4) is 0 Å². The summed E-state index contributed by atoms with van der Waals surface area (Å²) in [4.78, 5) is 3.51. The topological polar surface area (TPSA) is 20.2 Å². The molecule has 1 atom stereocenters. The van der Waals surface area contributed by atoms with Crippen LogP contribution < -0.4 is 0 Å². The molecule has 0 aromatic carbocycles. The maximum Gasteiger partial charge on any atom is 0.122 e. The summed E-state index contributed by atoms with van der Waals surface area (Å²) in [6, 6.07) is 4.21. The standard InChI is InChI=1S/C15H17ClOS2/c1-9-7-12(19-15(9)16)14(17)13-8-10-5-3-2-4-6-11(10)18-13/h7-8,14,17H,2-6H2,1H3. The highest BCUT2D eigenvalue weighted by Gasteiger charge is 2.20. The Kier molecular flexibility index (Phi) is 3.99. The Hall–Kier alpha value is -0.350. The number of fused-ring (bicyclic) bond motifs is 1. The van der Waals surface area contributed by atoms with Crippen LogP contribution in [-0.2, 0) is 12.8 Å². The molecule has 1 aliphatic carbocycles. The van der Waals surface area contributed by atoms with Gasteiger partial charge in [0.1, 0.15) is 6.10 Å². The quantitative estimate of drug-likeness (QED) is 0.763. The monoisotopic (exact) mass is 312 g/mol. The number of aliphatic hydroxyl groups is 1. The summed E-state index contributed by atoms with van der Waals surface area (Å²) in [5.74, 6) is 0. The molecule has 1 aliphatic rings. The zero-order valence-electron chi connectivity index (χ0n) is 10.9. The van der Waals surface area contributed by atoms with E-state index < -0.39 is 6.10 Å². The SMILES string of the molecule is Cc1cc(C(O)c2cc3c(s2)CCCCC3)sc1Cl. The summed E-state index contributed by atoms with van der Waals surface area (Å²) >= 11 is 9.36. The minimum Gasteiger partial charge on any atom is -0.382 e. The van der Waals surface area contributed by atoms with Crippen LogP contribution in [0.15, 0.2) is 12.1 Å². The van der Waals surface area contributed by atoms with Crippen molar-refractivity contribution < 1.29 is 5.11 Å². The van der Waals surface area contributed by atoms with Gasteiger partial charge in [-0.1, -0.05) is 18.0 Å². The summed E-state index contributed by atoms with van der Waals surface area (Å²) < 4.78 is 0.784. The van der Waals surface area contributed by atoms with Crippen molar-refractivity contribution in [2.75, 3.05) is 0 Å². The molecule has 19 heavy (non-hydrogen) atoms. The molecule has 2 heterocycles. The number of rotatable bonds is 2. The summed E-state index contributed by atoms with van der Waals surface area (Å²) in [6.45, 7) is 1.98. The molecule has 0 amide bonds. The average Bonchev–Trinajstić information content (AvgIpc) is 2.87. The highest BCUT2D eigenvalue weighted by molar-refractivity contribution is 7.17. The van der Waals surface area contributed by atoms with Crippen molar-refractivity contribution in [2.45, 2.75) is 45.1 Å². The Morgan fingerprint density at radius 2 is 1.84 bits per heavy atom. The van der Waals surface area contributed by atoms with Crippen LogP contribution in [0, 0.1) is 6.92 Å². The Bertz CT molecular complexity index is 542. The first-order valence-corrected chi connectivity index (χ1v) is 8.71. The van der Waals surface area contributed by atoms with Crippen molar-refractivity contribution >= 4 is 34.3 Å². The molecule has 0 fully saturated rings. The number of hydrogen-bond acceptors (Lipinski definition) is 3. The Balaban J connectivity index is 1.89. The molecule has 1 nitrogen and oxygen atoms in total. The first-order valence-electron chi connectivity index (χ1n) is 6.70. The predicted molar refractivity (Wildman–Crippen MR) is 83.7 cm³/mol. The molecule has 0 spiro atoms. The van der Waals surface area contributed by atoms with Crippen molar-refractivity contribution in [1.82, 2.24) is 0 Å². The lowest BCUT2D eigenvalue weighted by molar-refractivity contribution is 0.228. The first kappa shape index (κ1) is 13.6. The Labute approximate surface area is 126 Å². The van der Waals surface area contributed by atoms with Gasteiger partial charge >= 0.3 is 0 Å². The van der Waals surface area contributed by atoms with E-state index in [4.69, 9.17) is 11.6 Å². The molecule has 0 saturated carbocycles. The summed E-state index contributed by atoms with van der Waals surface area (Å²) in [7, 11) is 0. The third-order valence-electron chi connectivity index (χ3n) is 3.68. The highest BCUT2D eigenvalue weighted by atomic mass is 35.5. The Morgan fingerprint density at radius 1 is 1.11 bits per heavy atom. The minimum absolute atomic E-state index is 0.506. The van der Waals surface area contributed by atoms with E-state index in [9.17, 15) is 5.11 Å². The molecule has 2 aromatic heterocycles. The van der Waals surface area contributed by atoms with Gasteiger partial charge < -0.3 is 5.11 Å². The van der Waals surface area contributed by atoms with Crippen molar-refractivity contribution in [3.05, 3.63) is 42.2 Å². The van der Waals surface area contributed by atoms with E-state index in [1.54, 1.807) is 11.3 Å². The van der Waals surface area contributed by atoms with Crippen LogP contribution >= 0.6 is 34.3 Å². The van der Waals surface area contributed by atoms with Gasteiger partial charge in [-0.2, -0.15) is 0 Å². The lowest BCUT2D eigenvalue weighted by Crippen LogP contribution is -1.93. The first-order chi connectivity index (χ1) is 9.15. The van der Waals surface area contributed by atoms with Gasteiger partial charge in [0, 0.05) is 14.6 Å². The largest absolute Gasteiger partial charge is 0.382 e.